The Bertz CT molecular complexity index is 431. The van der Waals surface area contributed by atoms with Crippen molar-refractivity contribution >= 4 is 0 Å². The summed E-state index contributed by atoms with van der Waals surface area (Å²) in [5.41, 5.74) is 2.19. The first-order chi connectivity index (χ1) is 8.93. The monoisotopic (exact) mass is 263 g/mol. The Hall–Kier alpha value is -1.06. The van der Waals surface area contributed by atoms with E-state index in [-0.39, 0.29) is 11.5 Å². The number of hydrogen-bond acceptors (Lipinski definition) is 3. The fourth-order valence-electron chi connectivity index (χ4n) is 2.63. The van der Waals surface area contributed by atoms with Crippen LogP contribution in [0.3, 0.4) is 0 Å². The zero-order valence-electron chi connectivity index (χ0n) is 12.4. The van der Waals surface area contributed by atoms with Gasteiger partial charge in [-0.1, -0.05) is 26.8 Å². The van der Waals surface area contributed by atoms with Crippen LogP contribution in [0.4, 0.5) is 0 Å². The van der Waals surface area contributed by atoms with Crippen LogP contribution in [-0.4, -0.2) is 24.8 Å². The van der Waals surface area contributed by atoms with E-state index in [1.807, 2.05) is 6.07 Å². The van der Waals surface area contributed by atoms with Crippen LogP contribution in [0.1, 0.15) is 50.8 Å². The van der Waals surface area contributed by atoms with Crippen molar-refractivity contribution in [2.75, 3.05) is 13.7 Å². The van der Waals surface area contributed by atoms with Gasteiger partial charge in [0.2, 0.25) is 0 Å². The highest BCUT2D eigenvalue weighted by molar-refractivity contribution is 5.41. The summed E-state index contributed by atoms with van der Waals surface area (Å²) in [5, 5.41) is 13.9. The second-order valence-corrected chi connectivity index (χ2v) is 6.35. The lowest BCUT2D eigenvalue weighted by atomic mass is 9.84. The zero-order valence-corrected chi connectivity index (χ0v) is 12.4. The summed E-state index contributed by atoms with van der Waals surface area (Å²) in [7, 11) is 1.66. The van der Waals surface area contributed by atoms with Crippen molar-refractivity contribution in [3.05, 3.63) is 29.3 Å². The van der Waals surface area contributed by atoms with Crippen molar-refractivity contribution in [2.24, 2.45) is 0 Å². The first-order valence-corrected chi connectivity index (χ1v) is 7.03. The number of methoxy groups -OCH3 is 1. The van der Waals surface area contributed by atoms with Gasteiger partial charge in [0.1, 0.15) is 5.75 Å². The van der Waals surface area contributed by atoms with Crippen molar-refractivity contribution in [2.45, 2.75) is 51.2 Å². The molecule has 1 heterocycles. The maximum absolute atomic E-state index is 10.6. The van der Waals surface area contributed by atoms with Gasteiger partial charge in [-0.25, -0.2) is 0 Å². The van der Waals surface area contributed by atoms with Crippen molar-refractivity contribution in [1.29, 1.82) is 0 Å². The molecule has 3 nitrogen and oxygen atoms in total. The normalized spacial score (nSPS) is 21.4. The molecule has 0 aromatic heterocycles. The molecule has 19 heavy (non-hydrogen) atoms. The molecule has 0 spiro atoms. The lowest BCUT2D eigenvalue weighted by Crippen LogP contribution is -2.29. The van der Waals surface area contributed by atoms with E-state index in [9.17, 15) is 5.11 Å². The maximum atomic E-state index is 10.6. The summed E-state index contributed by atoms with van der Waals surface area (Å²) in [5.74, 6) is 0.772. The van der Waals surface area contributed by atoms with Crippen LogP contribution in [0.5, 0.6) is 5.75 Å². The fourth-order valence-corrected chi connectivity index (χ4v) is 2.63. The molecule has 106 valence electrons. The Kier molecular flexibility index (Phi) is 4.16. The van der Waals surface area contributed by atoms with Gasteiger partial charge in [-0.2, -0.15) is 0 Å². The number of aliphatic hydroxyl groups excluding tert-OH is 1. The van der Waals surface area contributed by atoms with E-state index in [1.165, 1.54) is 5.56 Å². The van der Waals surface area contributed by atoms with Crippen molar-refractivity contribution in [3.63, 3.8) is 0 Å². The number of benzene rings is 1. The van der Waals surface area contributed by atoms with Gasteiger partial charge in [-0.3, -0.25) is 0 Å². The average Bonchev–Trinajstić information content (AvgIpc) is 2.90. The second-order valence-electron chi connectivity index (χ2n) is 6.35. The van der Waals surface area contributed by atoms with E-state index in [4.69, 9.17) is 4.74 Å². The Labute approximate surface area is 116 Å². The molecule has 1 aromatic rings. The number of aliphatic hydroxyl groups is 1. The lowest BCUT2D eigenvalue weighted by Gasteiger charge is -2.25. The van der Waals surface area contributed by atoms with Crippen LogP contribution in [0, 0.1) is 0 Å². The molecule has 2 atom stereocenters. The van der Waals surface area contributed by atoms with Crippen molar-refractivity contribution < 1.29 is 9.84 Å². The first-order valence-electron chi connectivity index (χ1n) is 7.03. The van der Waals surface area contributed by atoms with Crippen LogP contribution in [0.15, 0.2) is 18.2 Å². The van der Waals surface area contributed by atoms with Crippen LogP contribution >= 0.6 is 0 Å². The van der Waals surface area contributed by atoms with Gasteiger partial charge in [0.15, 0.2) is 0 Å². The number of nitrogens with one attached hydrogen (secondary N) is 1. The van der Waals surface area contributed by atoms with Crippen LogP contribution in [0.2, 0.25) is 0 Å². The summed E-state index contributed by atoms with van der Waals surface area (Å²) in [6.45, 7) is 7.53. The van der Waals surface area contributed by atoms with Gasteiger partial charge in [0.25, 0.3) is 0 Å². The van der Waals surface area contributed by atoms with E-state index in [2.05, 4.69) is 38.2 Å². The van der Waals surface area contributed by atoms with Gasteiger partial charge < -0.3 is 15.2 Å². The maximum Gasteiger partial charge on any atom is 0.124 e. The highest BCUT2D eigenvalue weighted by Crippen LogP contribution is 2.34. The molecule has 0 amide bonds. The number of ether oxygens (including phenoxy) is 1. The first kappa shape index (κ1) is 14.4. The summed E-state index contributed by atoms with van der Waals surface area (Å²) in [4.78, 5) is 0. The van der Waals surface area contributed by atoms with Crippen LogP contribution in [0.25, 0.3) is 0 Å². The van der Waals surface area contributed by atoms with E-state index in [0.29, 0.717) is 0 Å². The van der Waals surface area contributed by atoms with Crippen LogP contribution in [-0.2, 0) is 5.41 Å². The van der Waals surface area contributed by atoms with Gasteiger partial charge in [0.05, 0.1) is 13.2 Å². The third-order valence-corrected chi connectivity index (χ3v) is 3.89. The van der Waals surface area contributed by atoms with Crippen LogP contribution < -0.4 is 10.1 Å². The summed E-state index contributed by atoms with van der Waals surface area (Å²) in [6.07, 6.45) is 1.65. The molecular weight excluding hydrogens is 238 g/mol. The minimum atomic E-state index is -0.500. The lowest BCUT2D eigenvalue weighted by molar-refractivity contribution is 0.134. The third kappa shape index (κ3) is 3.10. The molecular formula is C16H25NO2. The highest BCUT2D eigenvalue weighted by atomic mass is 16.5. The van der Waals surface area contributed by atoms with Gasteiger partial charge in [0, 0.05) is 11.6 Å². The predicted molar refractivity (Wildman–Crippen MR) is 77.7 cm³/mol. The third-order valence-electron chi connectivity index (χ3n) is 3.89. The van der Waals surface area contributed by atoms with E-state index >= 15 is 0 Å². The topological polar surface area (TPSA) is 41.5 Å². The number of rotatable bonds is 3. The molecule has 1 aliphatic heterocycles. The predicted octanol–water partition coefficient (Wildman–Crippen LogP) is 2.78. The quantitative estimate of drug-likeness (QED) is 0.881. The Morgan fingerprint density at radius 2 is 2.11 bits per heavy atom. The fraction of sp³-hybridized carbons (Fsp3) is 0.625. The minimum Gasteiger partial charge on any atom is -0.496 e. The number of hydrogen-bond donors (Lipinski definition) is 2. The molecule has 1 fully saturated rings. The zero-order chi connectivity index (χ0) is 14.0. The molecule has 0 saturated carbocycles. The smallest absolute Gasteiger partial charge is 0.124 e. The van der Waals surface area contributed by atoms with Crippen molar-refractivity contribution in [3.8, 4) is 5.75 Å². The SMILES string of the molecule is COc1ccc(C(C)(C)C)cc1C(O)C1CCCN1. The second kappa shape index (κ2) is 5.51. The molecule has 2 N–H and O–H groups in total. The molecule has 1 saturated heterocycles. The van der Waals surface area contributed by atoms with E-state index in [0.717, 1.165) is 30.7 Å². The molecule has 0 aliphatic carbocycles. The standard InChI is InChI=1S/C16H25NO2/c1-16(2,3)11-7-8-14(19-4)12(10-11)15(18)13-6-5-9-17-13/h7-8,10,13,15,17-18H,5-6,9H2,1-4H3. The average molecular weight is 263 g/mol. The van der Waals surface area contributed by atoms with Gasteiger partial charge in [-0.15, -0.1) is 0 Å². The van der Waals surface area contributed by atoms with E-state index in [1.54, 1.807) is 7.11 Å². The molecule has 3 heteroatoms. The molecule has 0 radical (unpaired) electrons. The van der Waals surface area contributed by atoms with Crippen molar-refractivity contribution in [1.82, 2.24) is 5.32 Å². The Balaban J connectivity index is 2.35. The molecule has 2 rings (SSSR count). The highest BCUT2D eigenvalue weighted by Gasteiger charge is 2.27. The minimum absolute atomic E-state index is 0.0733. The molecule has 0 bridgehead atoms. The van der Waals surface area contributed by atoms with Gasteiger partial charge >= 0.3 is 0 Å². The van der Waals surface area contributed by atoms with E-state index < -0.39 is 6.10 Å². The van der Waals surface area contributed by atoms with Gasteiger partial charge in [-0.05, 0) is 42.5 Å². The Morgan fingerprint density at radius 3 is 2.63 bits per heavy atom. The largest absolute Gasteiger partial charge is 0.496 e. The molecule has 1 aliphatic rings. The molecule has 1 aromatic carbocycles. The summed E-state index contributed by atoms with van der Waals surface area (Å²) < 4.78 is 5.41. The molecule has 2 unspecified atom stereocenters. The summed E-state index contributed by atoms with van der Waals surface area (Å²) in [6, 6.07) is 6.28. The Morgan fingerprint density at radius 1 is 1.37 bits per heavy atom. The summed E-state index contributed by atoms with van der Waals surface area (Å²) >= 11 is 0.